The molecule has 0 heterocycles. The molecular formula is C24H40O3. The Bertz CT molecular complexity index is 574. The molecule has 0 aliphatic heterocycles. The summed E-state index contributed by atoms with van der Waals surface area (Å²) in [6.45, 7) is 7.43. The third-order valence-electron chi connectivity index (χ3n) is 10.2. The first kappa shape index (κ1) is 19.7. The van der Waals surface area contributed by atoms with Crippen molar-refractivity contribution in [3.05, 3.63) is 0 Å². The van der Waals surface area contributed by atoms with Crippen molar-refractivity contribution in [3.63, 3.8) is 0 Å². The first-order valence-corrected chi connectivity index (χ1v) is 11.7. The second kappa shape index (κ2) is 7.04. The molecular weight excluding hydrogens is 336 g/mol. The molecule has 9 atom stereocenters. The number of hydrogen-bond donors (Lipinski definition) is 2. The fourth-order valence-corrected chi connectivity index (χ4v) is 8.76. The van der Waals surface area contributed by atoms with Crippen molar-refractivity contribution in [3.8, 4) is 0 Å². The molecule has 4 unspecified atom stereocenters. The van der Waals surface area contributed by atoms with Gasteiger partial charge in [-0.15, -0.1) is 0 Å². The lowest BCUT2D eigenvalue weighted by Gasteiger charge is -2.61. The van der Waals surface area contributed by atoms with E-state index in [1.54, 1.807) is 0 Å². The van der Waals surface area contributed by atoms with Gasteiger partial charge in [0.2, 0.25) is 0 Å². The van der Waals surface area contributed by atoms with Gasteiger partial charge in [0, 0.05) is 6.42 Å². The Morgan fingerprint density at radius 1 is 1.00 bits per heavy atom. The molecule has 0 saturated heterocycles. The average molecular weight is 377 g/mol. The largest absolute Gasteiger partial charge is 0.481 e. The van der Waals surface area contributed by atoms with Crippen molar-refractivity contribution in [2.24, 2.45) is 46.3 Å². The van der Waals surface area contributed by atoms with Crippen LogP contribution >= 0.6 is 0 Å². The highest BCUT2D eigenvalue weighted by Gasteiger charge is 2.60. The summed E-state index contributed by atoms with van der Waals surface area (Å²) in [6.07, 6.45) is 12.4. The van der Waals surface area contributed by atoms with E-state index in [-0.39, 0.29) is 6.10 Å². The van der Waals surface area contributed by atoms with Crippen molar-refractivity contribution >= 4 is 5.97 Å². The van der Waals surface area contributed by atoms with Crippen LogP contribution in [-0.2, 0) is 4.79 Å². The standard InChI is InChI=1S/C24H40O3/c1-15(4-9-22(26)27)19-7-8-20-18-6-5-16-14-17(25)10-12-23(16,2)21(18)11-13-24(19,20)3/h15-21,25H,4-14H2,1-3H3,(H,26,27)/t15-,16-,17-,18?,19?,20?,21?,23+,24-/m1/s1. The van der Waals surface area contributed by atoms with Gasteiger partial charge in [-0.2, -0.15) is 0 Å². The number of carboxylic acids is 1. The van der Waals surface area contributed by atoms with Gasteiger partial charge >= 0.3 is 5.97 Å². The minimum atomic E-state index is -0.643. The van der Waals surface area contributed by atoms with Gasteiger partial charge in [0.25, 0.3) is 0 Å². The van der Waals surface area contributed by atoms with Gasteiger partial charge in [0.1, 0.15) is 0 Å². The van der Waals surface area contributed by atoms with Gasteiger partial charge in [-0.25, -0.2) is 0 Å². The van der Waals surface area contributed by atoms with Crippen LogP contribution in [0.3, 0.4) is 0 Å². The second-order valence-electron chi connectivity index (χ2n) is 11.2. The van der Waals surface area contributed by atoms with Gasteiger partial charge in [0.05, 0.1) is 6.10 Å². The fraction of sp³-hybridized carbons (Fsp3) is 0.958. The van der Waals surface area contributed by atoms with Crippen LogP contribution in [0.15, 0.2) is 0 Å². The molecule has 0 spiro atoms. The van der Waals surface area contributed by atoms with Crippen LogP contribution in [-0.4, -0.2) is 22.3 Å². The Labute approximate surface area is 165 Å². The number of aliphatic hydroxyl groups excluding tert-OH is 1. The molecule has 4 rings (SSSR count). The van der Waals surface area contributed by atoms with Gasteiger partial charge in [-0.05, 0) is 111 Å². The molecule has 27 heavy (non-hydrogen) atoms. The summed E-state index contributed by atoms with van der Waals surface area (Å²) < 4.78 is 0. The molecule has 0 aromatic carbocycles. The Morgan fingerprint density at radius 3 is 2.44 bits per heavy atom. The molecule has 0 amide bonds. The van der Waals surface area contributed by atoms with Crippen LogP contribution in [0, 0.1) is 46.3 Å². The third-order valence-corrected chi connectivity index (χ3v) is 10.2. The van der Waals surface area contributed by atoms with Crippen molar-refractivity contribution in [2.45, 2.75) is 97.5 Å². The third kappa shape index (κ3) is 3.16. The van der Waals surface area contributed by atoms with Gasteiger partial charge in [0.15, 0.2) is 0 Å². The maximum Gasteiger partial charge on any atom is 0.303 e. The predicted molar refractivity (Wildman–Crippen MR) is 107 cm³/mol. The predicted octanol–water partition coefficient (Wildman–Crippen LogP) is 5.51. The normalized spacial score (nSPS) is 50.4. The van der Waals surface area contributed by atoms with E-state index >= 15 is 0 Å². The summed E-state index contributed by atoms with van der Waals surface area (Å²) in [5.41, 5.74) is 0.882. The van der Waals surface area contributed by atoms with Crippen LogP contribution in [0.2, 0.25) is 0 Å². The zero-order valence-electron chi connectivity index (χ0n) is 17.6. The molecule has 0 aromatic rings. The van der Waals surface area contributed by atoms with E-state index < -0.39 is 5.97 Å². The van der Waals surface area contributed by atoms with E-state index in [0.717, 1.165) is 42.9 Å². The second-order valence-corrected chi connectivity index (χ2v) is 11.2. The highest BCUT2D eigenvalue weighted by atomic mass is 16.4. The maximum atomic E-state index is 11.0. The summed E-state index contributed by atoms with van der Waals surface area (Å²) >= 11 is 0. The van der Waals surface area contributed by atoms with Crippen molar-refractivity contribution in [1.29, 1.82) is 0 Å². The van der Waals surface area contributed by atoms with Gasteiger partial charge < -0.3 is 10.2 Å². The van der Waals surface area contributed by atoms with Crippen molar-refractivity contribution in [1.82, 2.24) is 0 Å². The summed E-state index contributed by atoms with van der Waals surface area (Å²) in [4.78, 5) is 11.0. The Morgan fingerprint density at radius 2 is 1.70 bits per heavy atom. The van der Waals surface area contributed by atoms with Crippen LogP contribution < -0.4 is 0 Å². The molecule has 4 aliphatic rings. The van der Waals surface area contributed by atoms with Gasteiger partial charge in [-0.1, -0.05) is 20.8 Å². The average Bonchev–Trinajstić information content (AvgIpc) is 2.97. The molecule has 4 saturated carbocycles. The highest BCUT2D eigenvalue weighted by molar-refractivity contribution is 5.66. The molecule has 154 valence electrons. The minimum absolute atomic E-state index is 0.0561. The van der Waals surface area contributed by atoms with Crippen LogP contribution in [0.4, 0.5) is 0 Å². The van der Waals surface area contributed by atoms with E-state index in [9.17, 15) is 9.90 Å². The number of rotatable bonds is 4. The van der Waals surface area contributed by atoms with Crippen LogP contribution in [0.1, 0.15) is 91.4 Å². The quantitative estimate of drug-likeness (QED) is 0.680. The number of hydrogen-bond acceptors (Lipinski definition) is 2. The molecule has 0 aromatic heterocycles. The first-order valence-electron chi connectivity index (χ1n) is 11.7. The fourth-order valence-electron chi connectivity index (χ4n) is 8.76. The van der Waals surface area contributed by atoms with Crippen molar-refractivity contribution < 1.29 is 15.0 Å². The Kier molecular flexibility index (Phi) is 5.15. The van der Waals surface area contributed by atoms with Gasteiger partial charge in [-0.3, -0.25) is 4.79 Å². The molecule has 0 radical (unpaired) electrons. The molecule has 0 bridgehead atoms. The lowest BCUT2D eigenvalue weighted by Crippen LogP contribution is -2.54. The summed E-state index contributed by atoms with van der Waals surface area (Å²) in [5, 5.41) is 19.3. The zero-order chi connectivity index (χ0) is 19.4. The summed E-state index contributed by atoms with van der Waals surface area (Å²) in [6, 6.07) is 0. The minimum Gasteiger partial charge on any atom is -0.481 e. The number of fused-ring (bicyclic) bond motifs is 5. The SMILES string of the molecule is C[C@H](CCC(=O)O)C1CCC2C3CC[C@@H]4C[C@H](O)CC[C@]4(C)C3CC[C@@]21C. The highest BCUT2D eigenvalue weighted by Crippen LogP contribution is 2.68. The van der Waals surface area contributed by atoms with E-state index in [2.05, 4.69) is 20.8 Å². The summed E-state index contributed by atoms with van der Waals surface area (Å²) in [7, 11) is 0. The molecule has 4 aliphatic carbocycles. The van der Waals surface area contributed by atoms with Crippen LogP contribution in [0.5, 0.6) is 0 Å². The maximum absolute atomic E-state index is 11.0. The van der Waals surface area contributed by atoms with E-state index in [1.165, 1.54) is 44.9 Å². The number of carboxylic acid groups (broad SMARTS) is 1. The van der Waals surface area contributed by atoms with Crippen LogP contribution in [0.25, 0.3) is 0 Å². The smallest absolute Gasteiger partial charge is 0.303 e. The lowest BCUT2D eigenvalue weighted by molar-refractivity contribution is -0.138. The Hall–Kier alpha value is -0.570. The lowest BCUT2D eigenvalue weighted by atomic mass is 9.44. The van der Waals surface area contributed by atoms with Crippen molar-refractivity contribution in [2.75, 3.05) is 0 Å². The first-order chi connectivity index (χ1) is 12.8. The monoisotopic (exact) mass is 376 g/mol. The van der Waals surface area contributed by atoms with E-state index in [4.69, 9.17) is 5.11 Å². The van der Waals surface area contributed by atoms with E-state index in [0.29, 0.717) is 29.1 Å². The number of carbonyl (C=O) groups is 1. The van der Waals surface area contributed by atoms with E-state index in [1.807, 2.05) is 0 Å². The molecule has 2 N–H and O–H groups in total. The molecule has 3 heteroatoms. The molecule has 3 nitrogen and oxygen atoms in total. The zero-order valence-corrected chi connectivity index (χ0v) is 17.6. The Balaban J connectivity index is 1.51. The topological polar surface area (TPSA) is 57.5 Å². The molecule has 4 fully saturated rings. The number of aliphatic hydroxyl groups is 1. The number of aliphatic carboxylic acids is 1. The summed E-state index contributed by atoms with van der Waals surface area (Å²) in [5.74, 6) is 3.91.